The molecule has 3 heterocycles. The monoisotopic (exact) mass is 319 g/mol. The van der Waals surface area contributed by atoms with Gasteiger partial charge in [0.25, 0.3) is 0 Å². The first-order valence-corrected chi connectivity index (χ1v) is 8.60. The fraction of sp³-hybridized carbons (Fsp3) is 0.357. The summed E-state index contributed by atoms with van der Waals surface area (Å²) in [6.07, 6.45) is 4.98. The lowest BCUT2D eigenvalue weighted by Crippen LogP contribution is -2.15. The second kappa shape index (κ2) is 6.55. The molecule has 0 fully saturated rings. The van der Waals surface area contributed by atoms with E-state index in [0.29, 0.717) is 0 Å². The van der Waals surface area contributed by atoms with Crippen LogP contribution in [0.25, 0.3) is 4.96 Å². The predicted molar refractivity (Wildman–Crippen MR) is 86.0 cm³/mol. The van der Waals surface area contributed by atoms with E-state index in [4.69, 9.17) is 4.98 Å². The van der Waals surface area contributed by atoms with Crippen LogP contribution in [0.3, 0.4) is 0 Å². The van der Waals surface area contributed by atoms with E-state index in [1.54, 1.807) is 17.5 Å². The second-order valence-electron chi connectivity index (χ2n) is 4.68. The van der Waals surface area contributed by atoms with Gasteiger partial charge in [0.2, 0.25) is 0 Å². The first kappa shape index (κ1) is 14.5. The number of rotatable bonds is 6. The van der Waals surface area contributed by atoms with E-state index >= 15 is 0 Å². The summed E-state index contributed by atoms with van der Waals surface area (Å²) >= 11 is 3.17. The summed E-state index contributed by atoms with van der Waals surface area (Å²) < 4.78 is 2.14. The molecule has 3 aromatic rings. The number of hydrogen-bond acceptors (Lipinski definition) is 6. The normalized spacial score (nSPS) is 11.3. The molecule has 0 bridgehead atoms. The average molecular weight is 319 g/mol. The number of nitrogens with zero attached hydrogens (tertiary/aromatic N) is 4. The van der Waals surface area contributed by atoms with Gasteiger partial charge in [-0.05, 0) is 37.7 Å². The number of imidazole rings is 1. The Kier molecular flexibility index (Phi) is 4.52. The predicted octanol–water partition coefficient (Wildman–Crippen LogP) is 3.15. The largest absolute Gasteiger partial charge is 0.311 e. The first-order valence-electron chi connectivity index (χ1n) is 6.90. The minimum Gasteiger partial charge on any atom is -0.311 e. The van der Waals surface area contributed by atoms with Crippen molar-refractivity contribution in [3.8, 4) is 0 Å². The molecule has 0 unspecified atom stereocenters. The Hall–Kier alpha value is -1.44. The molecular formula is C14H17N5S2. The fourth-order valence-electron chi connectivity index (χ4n) is 2.00. The molecule has 0 radical (unpaired) electrons. The third-order valence-corrected chi connectivity index (χ3v) is 4.66. The topological polar surface area (TPSA) is 55.1 Å². The van der Waals surface area contributed by atoms with E-state index < -0.39 is 0 Å². The zero-order valence-corrected chi connectivity index (χ0v) is 13.7. The Morgan fingerprint density at radius 2 is 2.29 bits per heavy atom. The third-order valence-electron chi connectivity index (χ3n) is 3.00. The Bertz CT molecular complexity index is 734. The van der Waals surface area contributed by atoms with Crippen LogP contribution in [0.2, 0.25) is 0 Å². The highest BCUT2D eigenvalue weighted by Crippen LogP contribution is 2.29. The van der Waals surface area contributed by atoms with Crippen molar-refractivity contribution in [3.05, 3.63) is 35.2 Å². The highest BCUT2D eigenvalue weighted by atomic mass is 32.2. The van der Waals surface area contributed by atoms with Gasteiger partial charge in [0.15, 0.2) is 10.1 Å². The lowest BCUT2D eigenvalue weighted by atomic mass is 10.4. The number of nitrogens with one attached hydrogen (secondary N) is 1. The molecule has 110 valence electrons. The molecule has 0 atom stereocenters. The van der Waals surface area contributed by atoms with Crippen LogP contribution in [0.1, 0.15) is 24.7 Å². The molecule has 0 amide bonds. The minimum absolute atomic E-state index is 0.748. The highest BCUT2D eigenvalue weighted by molar-refractivity contribution is 7.99. The maximum absolute atomic E-state index is 4.70. The van der Waals surface area contributed by atoms with Gasteiger partial charge in [-0.3, -0.25) is 4.40 Å². The molecule has 1 N–H and O–H groups in total. The molecule has 0 aromatic carbocycles. The molecule has 0 aliphatic carbocycles. The second-order valence-corrected chi connectivity index (χ2v) is 6.51. The number of fused-ring (bicyclic) bond motifs is 1. The van der Waals surface area contributed by atoms with Gasteiger partial charge in [0, 0.05) is 30.0 Å². The summed E-state index contributed by atoms with van der Waals surface area (Å²) in [5.74, 6) is 0. The van der Waals surface area contributed by atoms with Crippen LogP contribution in [0.5, 0.6) is 0 Å². The van der Waals surface area contributed by atoms with Crippen LogP contribution in [0.4, 0.5) is 0 Å². The van der Waals surface area contributed by atoms with Crippen molar-refractivity contribution < 1.29 is 0 Å². The van der Waals surface area contributed by atoms with Gasteiger partial charge in [-0.15, -0.1) is 11.3 Å². The minimum atomic E-state index is 0.748. The molecule has 3 rings (SSSR count). The quantitative estimate of drug-likeness (QED) is 0.559. The maximum Gasteiger partial charge on any atom is 0.194 e. The van der Waals surface area contributed by atoms with Gasteiger partial charge in [-0.2, -0.15) is 0 Å². The van der Waals surface area contributed by atoms with Crippen molar-refractivity contribution in [1.29, 1.82) is 0 Å². The van der Waals surface area contributed by atoms with Crippen LogP contribution in [0.15, 0.2) is 34.0 Å². The molecule has 3 aromatic heterocycles. The van der Waals surface area contributed by atoms with Gasteiger partial charge in [0.1, 0.15) is 5.03 Å². The van der Waals surface area contributed by atoms with Crippen molar-refractivity contribution in [3.63, 3.8) is 0 Å². The van der Waals surface area contributed by atoms with Crippen LogP contribution in [0, 0.1) is 6.92 Å². The Labute approximate surface area is 131 Å². The molecule has 7 heteroatoms. The van der Waals surface area contributed by atoms with Gasteiger partial charge in [-0.1, -0.05) is 6.92 Å². The summed E-state index contributed by atoms with van der Waals surface area (Å²) in [5, 5.41) is 7.24. The molecule has 0 saturated heterocycles. The van der Waals surface area contributed by atoms with E-state index in [1.165, 1.54) is 17.5 Å². The lowest BCUT2D eigenvalue weighted by molar-refractivity contribution is 0.653. The van der Waals surface area contributed by atoms with E-state index in [0.717, 1.165) is 40.3 Å². The molecule has 0 saturated carbocycles. The van der Waals surface area contributed by atoms with Gasteiger partial charge in [0.05, 0.1) is 5.69 Å². The highest BCUT2D eigenvalue weighted by Gasteiger charge is 2.15. The van der Waals surface area contributed by atoms with E-state index in [9.17, 15) is 0 Å². The maximum atomic E-state index is 4.70. The number of aryl methyl sites for hydroxylation is 1. The summed E-state index contributed by atoms with van der Waals surface area (Å²) in [6.45, 7) is 5.95. The van der Waals surface area contributed by atoms with Gasteiger partial charge < -0.3 is 5.32 Å². The van der Waals surface area contributed by atoms with Crippen molar-refractivity contribution >= 4 is 28.1 Å². The Morgan fingerprint density at radius 3 is 3.10 bits per heavy atom. The molecule has 0 aliphatic rings. The van der Waals surface area contributed by atoms with E-state index in [-0.39, 0.29) is 0 Å². The Morgan fingerprint density at radius 1 is 1.38 bits per heavy atom. The number of thiazole rings is 1. The molecule has 0 aliphatic heterocycles. The summed E-state index contributed by atoms with van der Waals surface area (Å²) in [4.78, 5) is 14.5. The van der Waals surface area contributed by atoms with Crippen LogP contribution in [-0.4, -0.2) is 25.9 Å². The van der Waals surface area contributed by atoms with Crippen molar-refractivity contribution in [2.24, 2.45) is 0 Å². The average Bonchev–Trinajstić information content (AvgIpc) is 3.02. The molecule has 5 nitrogen and oxygen atoms in total. The summed E-state index contributed by atoms with van der Waals surface area (Å²) in [7, 11) is 0. The van der Waals surface area contributed by atoms with Crippen molar-refractivity contribution in [2.75, 3.05) is 6.54 Å². The van der Waals surface area contributed by atoms with Crippen LogP contribution in [-0.2, 0) is 6.54 Å². The Balaban J connectivity index is 1.89. The number of aromatic nitrogens is 4. The molecule has 21 heavy (non-hydrogen) atoms. The van der Waals surface area contributed by atoms with E-state index in [2.05, 4.69) is 38.2 Å². The van der Waals surface area contributed by atoms with Gasteiger partial charge >= 0.3 is 0 Å². The summed E-state index contributed by atoms with van der Waals surface area (Å²) in [5.41, 5.74) is 2.15. The standard InChI is InChI=1S/C14H17N5S2/c1-3-5-15-9-11-12(18-14-19(11)7-8-20-14)21-13-16-6-4-10(2)17-13/h4,6-8,15H,3,5,9H2,1-2H3. The molecular weight excluding hydrogens is 302 g/mol. The third kappa shape index (κ3) is 3.25. The van der Waals surface area contributed by atoms with Crippen LogP contribution >= 0.6 is 23.1 Å². The molecule has 0 spiro atoms. The van der Waals surface area contributed by atoms with Crippen LogP contribution < -0.4 is 5.32 Å². The fourth-order valence-corrected chi connectivity index (χ4v) is 3.69. The van der Waals surface area contributed by atoms with E-state index in [1.807, 2.05) is 13.0 Å². The smallest absolute Gasteiger partial charge is 0.194 e. The zero-order valence-electron chi connectivity index (χ0n) is 12.0. The SMILES string of the molecule is CCCNCc1c(Sc2nccc(C)n2)nc2sccn12. The number of hydrogen-bond donors (Lipinski definition) is 1. The lowest BCUT2D eigenvalue weighted by Gasteiger charge is -2.05. The van der Waals surface area contributed by atoms with Crippen molar-refractivity contribution in [1.82, 2.24) is 24.7 Å². The van der Waals surface area contributed by atoms with Crippen molar-refractivity contribution in [2.45, 2.75) is 37.0 Å². The first-order chi connectivity index (χ1) is 10.3. The van der Waals surface area contributed by atoms with Gasteiger partial charge in [-0.25, -0.2) is 15.0 Å². The zero-order chi connectivity index (χ0) is 14.7. The summed E-state index contributed by atoms with van der Waals surface area (Å²) in [6, 6.07) is 1.90.